The number of aliphatic carboxylic acids is 1. The van der Waals surface area contributed by atoms with Gasteiger partial charge in [0.05, 0.1) is 71.1 Å². The maximum atomic E-state index is 16.0. The third-order valence-corrected chi connectivity index (χ3v) is 13.1. The largest absolute Gasteiger partial charge is 0.490 e. The SMILES string of the molecule is CN(CCC(=O)N(C)CC(=O)N(C)CC(=O)N(C)CC(=O)N(C)CC(=O)N(C)CC(=O)N(C)CC(=O)N(C)CC(=O)N(C)CC(=O)O)C(=O)CN(C)C(=O)CCCOc1c(CCC(=O)Oc2c(F)c(F)cc(F)c2F)ccc(N2C(=O)C=CC2=O)c1F. The van der Waals surface area contributed by atoms with Crippen molar-refractivity contribution in [1.29, 1.82) is 0 Å². The Bertz CT molecular complexity index is 3020. The van der Waals surface area contributed by atoms with Gasteiger partial charge in [0.1, 0.15) is 6.54 Å². The summed E-state index contributed by atoms with van der Waals surface area (Å²) in [5.41, 5.74) is -0.641. The average molecular weight is 1240 g/mol. The lowest BCUT2D eigenvalue weighted by atomic mass is 10.1. The van der Waals surface area contributed by atoms with Gasteiger partial charge in [0, 0.05) is 108 Å². The number of ether oxygens (including phenoxy) is 2. The lowest BCUT2D eigenvalue weighted by Gasteiger charge is -2.27. The van der Waals surface area contributed by atoms with Crippen LogP contribution in [0.5, 0.6) is 11.5 Å². The molecule has 0 fully saturated rings. The first-order chi connectivity index (χ1) is 40.6. The summed E-state index contributed by atoms with van der Waals surface area (Å²) in [6.45, 7) is -5.03. The molecular weight excluding hydrogens is 1170 g/mol. The van der Waals surface area contributed by atoms with Crippen LogP contribution in [-0.4, -0.2) is 279 Å². The zero-order valence-corrected chi connectivity index (χ0v) is 49.5. The number of hydrogen-bond donors (Lipinski definition) is 1. The van der Waals surface area contributed by atoms with E-state index in [4.69, 9.17) is 9.84 Å². The fourth-order valence-electron chi connectivity index (χ4n) is 7.54. The molecule has 1 N–H and O–H groups in total. The van der Waals surface area contributed by atoms with Crippen LogP contribution in [0.4, 0.5) is 27.6 Å². The number of hydrogen-bond acceptors (Lipinski definition) is 16. The number of likely N-dealkylation sites (N-methyl/N-ethyl adjacent to an activating group) is 10. The van der Waals surface area contributed by atoms with E-state index in [1.807, 2.05) is 0 Å². The molecule has 0 radical (unpaired) electrons. The van der Waals surface area contributed by atoms with Crippen LogP contribution in [0.1, 0.15) is 31.2 Å². The molecule has 0 unspecified atom stereocenters. The second-order valence-electron chi connectivity index (χ2n) is 20.2. The molecule has 0 bridgehead atoms. The number of carboxylic acids is 1. The number of rotatable bonds is 31. The summed E-state index contributed by atoms with van der Waals surface area (Å²) in [5.74, 6) is -22.0. The Morgan fingerprint density at radius 2 is 0.782 bits per heavy atom. The van der Waals surface area contributed by atoms with E-state index in [0.29, 0.717) is 4.90 Å². The standard InChI is InChI=1S/C54H68F5N11O17/c1-60(40(75)23-61(2)36(71)12-11-21-86-53-32(13-15-35(52(53)59)70-38(73)16-17-39(70)74)14-18-49(85)87-54-50(57)33(55)22-34(56)51(54)58)20-19-37(72)62(3)24-41(76)63(4)25-42(77)64(5)26-43(78)65(6)27-44(79)66(7)28-45(80)67(8)29-46(81)68(9)30-47(82)69(10)31-48(83)84/h13,15-17,22H,11-12,14,18-21,23-31H2,1-10H3,(H,83,84). The molecule has 0 spiro atoms. The van der Waals surface area contributed by atoms with Crippen molar-refractivity contribution in [2.75, 3.05) is 147 Å². The van der Waals surface area contributed by atoms with E-state index in [1.54, 1.807) is 0 Å². The number of benzene rings is 2. The van der Waals surface area contributed by atoms with Gasteiger partial charge in [0.2, 0.25) is 76.5 Å². The van der Waals surface area contributed by atoms with Gasteiger partial charge in [0.15, 0.2) is 23.2 Å². The molecule has 2 aromatic carbocycles. The predicted octanol–water partition coefficient (Wildman–Crippen LogP) is -1.43. The van der Waals surface area contributed by atoms with E-state index in [0.717, 1.165) is 67.2 Å². The third kappa shape index (κ3) is 21.2. The van der Waals surface area contributed by atoms with Crippen molar-refractivity contribution in [1.82, 2.24) is 49.0 Å². The fraction of sp³-hybridized carbons (Fsp3) is 0.481. The van der Waals surface area contributed by atoms with Gasteiger partial charge in [0.25, 0.3) is 11.8 Å². The Kier molecular flexibility index (Phi) is 26.9. The van der Waals surface area contributed by atoms with Crippen molar-refractivity contribution in [3.05, 3.63) is 65.0 Å². The van der Waals surface area contributed by atoms with Crippen LogP contribution in [0.3, 0.4) is 0 Å². The van der Waals surface area contributed by atoms with Crippen molar-refractivity contribution >= 4 is 88.5 Å². The highest BCUT2D eigenvalue weighted by Gasteiger charge is 2.32. The van der Waals surface area contributed by atoms with Crippen molar-refractivity contribution < 1.29 is 104 Å². The minimum atomic E-state index is -1.98. The van der Waals surface area contributed by atoms with Crippen LogP contribution in [0, 0.1) is 29.1 Å². The fourth-order valence-corrected chi connectivity index (χ4v) is 7.54. The third-order valence-electron chi connectivity index (χ3n) is 13.1. The number of amides is 12. The summed E-state index contributed by atoms with van der Waals surface area (Å²) < 4.78 is 81.7. The molecular formula is C54H68F5N11O17. The molecule has 0 saturated heterocycles. The number of carboxylic acid groups (broad SMARTS) is 1. The Balaban J connectivity index is 1.43. The predicted molar refractivity (Wildman–Crippen MR) is 292 cm³/mol. The number of carbonyl (C=O) groups excluding carboxylic acids is 13. The van der Waals surface area contributed by atoms with Crippen LogP contribution in [-0.2, 0) is 73.5 Å². The highest BCUT2D eigenvalue weighted by Crippen LogP contribution is 2.34. The van der Waals surface area contributed by atoms with Crippen molar-refractivity contribution in [3.63, 3.8) is 0 Å². The summed E-state index contributed by atoms with van der Waals surface area (Å²) in [6.07, 6.45) is -0.114. The molecule has 28 nitrogen and oxygen atoms in total. The Hall–Kier alpha value is -9.59. The minimum absolute atomic E-state index is 0.0949. The average Bonchev–Trinajstić information content (AvgIpc) is 2.65. The summed E-state index contributed by atoms with van der Waals surface area (Å²) in [6, 6.07) is 2.10. The lowest BCUT2D eigenvalue weighted by Crippen LogP contribution is -2.49. The maximum Gasteiger partial charge on any atom is 0.323 e. The molecule has 87 heavy (non-hydrogen) atoms. The first-order valence-corrected chi connectivity index (χ1v) is 26.2. The number of esters is 1. The van der Waals surface area contributed by atoms with Gasteiger partial charge in [-0.2, -0.15) is 8.78 Å². The Labute approximate surface area is 496 Å². The highest BCUT2D eigenvalue weighted by molar-refractivity contribution is 6.28. The smallest absolute Gasteiger partial charge is 0.323 e. The number of anilines is 1. The Morgan fingerprint density at radius 3 is 1.16 bits per heavy atom. The van der Waals surface area contributed by atoms with Gasteiger partial charge in [-0.3, -0.25) is 67.1 Å². The molecule has 476 valence electrons. The van der Waals surface area contributed by atoms with Crippen molar-refractivity contribution in [2.24, 2.45) is 0 Å². The zero-order valence-electron chi connectivity index (χ0n) is 49.5. The van der Waals surface area contributed by atoms with Crippen molar-refractivity contribution in [2.45, 2.75) is 32.1 Å². The van der Waals surface area contributed by atoms with E-state index < -0.39 is 207 Å². The van der Waals surface area contributed by atoms with E-state index in [2.05, 4.69) is 4.74 Å². The van der Waals surface area contributed by atoms with Gasteiger partial charge in [-0.25, -0.2) is 18.1 Å². The van der Waals surface area contributed by atoms with Crippen LogP contribution >= 0.6 is 0 Å². The molecule has 0 saturated carbocycles. The molecule has 33 heteroatoms. The Morgan fingerprint density at radius 1 is 0.437 bits per heavy atom. The zero-order chi connectivity index (χ0) is 65.9. The van der Waals surface area contributed by atoms with Gasteiger partial charge >= 0.3 is 11.9 Å². The molecule has 1 aliphatic rings. The van der Waals surface area contributed by atoms with Crippen LogP contribution in [0.15, 0.2) is 30.4 Å². The van der Waals surface area contributed by atoms with E-state index >= 15 is 4.39 Å². The van der Waals surface area contributed by atoms with Gasteiger partial charge in [-0.1, -0.05) is 6.07 Å². The van der Waals surface area contributed by atoms with Gasteiger partial charge in [-0.15, -0.1) is 0 Å². The van der Waals surface area contributed by atoms with Gasteiger partial charge < -0.3 is 63.6 Å². The summed E-state index contributed by atoms with van der Waals surface area (Å²) in [5, 5.41) is 8.86. The quantitative estimate of drug-likeness (QED) is 0.0226. The number of imide groups is 1. The molecule has 0 aromatic heterocycles. The number of aryl methyl sites for hydroxylation is 1. The maximum absolute atomic E-state index is 16.0. The van der Waals surface area contributed by atoms with Crippen LogP contribution in [0.2, 0.25) is 0 Å². The van der Waals surface area contributed by atoms with E-state index in [9.17, 15) is 84.7 Å². The van der Waals surface area contributed by atoms with Crippen LogP contribution < -0.4 is 14.4 Å². The molecule has 1 heterocycles. The number of carbonyl (C=O) groups is 14. The highest BCUT2D eigenvalue weighted by atomic mass is 19.2. The summed E-state index contributed by atoms with van der Waals surface area (Å²) in [4.78, 5) is 187. The van der Waals surface area contributed by atoms with Crippen LogP contribution in [0.25, 0.3) is 0 Å². The molecule has 3 rings (SSSR count). The topological polar surface area (TPSA) is 313 Å². The van der Waals surface area contributed by atoms with Crippen molar-refractivity contribution in [3.8, 4) is 11.5 Å². The number of nitrogens with zero attached hydrogens (tertiary/aromatic N) is 11. The van der Waals surface area contributed by atoms with Gasteiger partial charge in [-0.05, 0) is 24.5 Å². The van der Waals surface area contributed by atoms with E-state index in [1.165, 1.54) is 76.5 Å². The molecule has 1 aliphatic heterocycles. The molecule has 2 aromatic rings. The number of halogens is 5. The first-order valence-electron chi connectivity index (χ1n) is 26.2. The molecule has 0 atom stereocenters. The minimum Gasteiger partial charge on any atom is -0.490 e. The second kappa shape index (κ2) is 32.6. The summed E-state index contributed by atoms with van der Waals surface area (Å²) in [7, 11) is 12.9. The lowest BCUT2D eigenvalue weighted by molar-refractivity contribution is -0.147. The normalized spacial score (nSPS) is 11.6. The molecule has 0 aliphatic carbocycles. The molecule has 12 amide bonds. The second-order valence-corrected chi connectivity index (χ2v) is 20.2. The monoisotopic (exact) mass is 1240 g/mol. The summed E-state index contributed by atoms with van der Waals surface area (Å²) >= 11 is 0. The first kappa shape index (κ1) is 71.7. The van der Waals surface area contributed by atoms with E-state index in [-0.39, 0.29) is 37.4 Å².